The van der Waals surface area contributed by atoms with Crippen LogP contribution in [0.3, 0.4) is 0 Å². The van der Waals surface area contributed by atoms with Gasteiger partial charge in [-0.2, -0.15) is 5.10 Å². The highest BCUT2D eigenvalue weighted by molar-refractivity contribution is 9.10. The summed E-state index contributed by atoms with van der Waals surface area (Å²) in [6.45, 7) is 1.96. The molecule has 13 heavy (non-hydrogen) atoms. The first-order valence-corrected chi connectivity index (χ1v) is 4.69. The van der Waals surface area contributed by atoms with Gasteiger partial charge in [-0.25, -0.2) is 4.68 Å². The smallest absolute Gasteiger partial charge is 0.110 e. The number of aromatic nitrogens is 3. The molecule has 0 bridgehead atoms. The van der Waals surface area contributed by atoms with E-state index >= 15 is 0 Å². The van der Waals surface area contributed by atoms with Crippen molar-refractivity contribution in [2.24, 2.45) is 0 Å². The van der Waals surface area contributed by atoms with Gasteiger partial charge in [-0.05, 0) is 41.1 Å². The highest BCUT2D eigenvalue weighted by Gasteiger charge is 2.03. The second-order valence-corrected chi connectivity index (χ2v) is 3.54. The van der Waals surface area contributed by atoms with E-state index in [0.29, 0.717) is 0 Å². The van der Waals surface area contributed by atoms with E-state index in [1.807, 2.05) is 29.8 Å². The van der Waals surface area contributed by atoms with Gasteiger partial charge in [0.1, 0.15) is 4.60 Å². The molecule has 66 valence electrons. The molecule has 0 atom stereocenters. The summed E-state index contributed by atoms with van der Waals surface area (Å²) in [4.78, 5) is 3.95. The molecule has 2 aromatic rings. The van der Waals surface area contributed by atoms with Gasteiger partial charge in [0.15, 0.2) is 0 Å². The number of rotatable bonds is 1. The lowest BCUT2D eigenvalue weighted by molar-refractivity contribution is 0.843. The van der Waals surface area contributed by atoms with Crippen molar-refractivity contribution < 1.29 is 0 Å². The van der Waals surface area contributed by atoms with E-state index in [1.54, 1.807) is 12.4 Å². The van der Waals surface area contributed by atoms with Crippen molar-refractivity contribution in [2.75, 3.05) is 0 Å². The van der Waals surface area contributed by atoms with Gasteiger partial charge in [-0.3, -0.25) is 4.98 Å². The van der Waals surface area contributed by atoms with Gasteiger partial charge in [0, 0.05) is 12.4 Å². The Morgan fingerprint density at radius 1 is 1.31 bits per heavy atom. The van der Waals surface area contributed by atoms with E-state index in [4.69, 9.17) is 0 Å². The van der Waals surface area contributed by atoms with E-state index in [9.17, 15) is 0 Å². The Morgan fingerprint density at radius 2 is 2.00 bits per heavy atom. The molecule has 0 N–H and O–H groups in total. The average Bonchev–Trinajstić information content (AvgIpc) is 2.47. The number of hydrogen-bond donors (Lipinski definition) is 0. The third kappa shape index (κ3) is 1.62. The highest BCUT2D eigenvalue weighted by atomic mass is 79.9. The third-order valence-electron chi connectivity index (χ3n) is 1.70. The fraction of sp³-hybridized carbons (Fsp3) is 0.111. The molecular weight excluding hydrogens is 230 g/mol. The van der Waals surface area contributed by atoms with E-state index in [1.165, 1.54) is 0 Å². The van der Waals surface area contributed by atoms with Crippen molar-refractivity contribution in [3.8, 4) is 5.69 Å². The van der Waals surface area contributed by atoms with Crippen LogP contribution >= 0.6 is 15.9 Å². The Labute approximate surface area is 84.5 Å². The molecule has 0 aliphatic heterocycles. The molecule has 3 nitrogen and oxygen atoms in total. The zero-order chi connectivity index (χ0) is 9.26. The molecule has 0 amide bonds. The quantitative estimate of drug-likeness (QED) is 0.763. The molecule has 0 spiro atoms. The van der Waals surface area contributed by atoms with Crippen LogP contribution < -0.4 is 0 Å². The highest BCUT2D eigenvalue weighted by Crippen LogP contribution is 2.16. The topological polar surface area (TPSA) is 30.7 Å². The minimum absolute atomic E-state index is 0.955. The number of hydrogen-bond acceptors (Lipinski definition) is 2. The lowest BCUT2D eigenvalue weighted by Crippen LogP contribution is -1.96. The first-order chi connectivity index (χ1) is 6.27. The average molecular weight is 238 g/mol. The Balaban J connectivity index is 2.53. The van der Waals surface area contributed by atoms with Crippen LogP contribution in [0.1, 0.15) is 5.69 Å². The van der Waals surface area contributed by atoms with Gasteiger partial charge in [0.2, 0.25) is 0 Å². The van der Waals surface area contributed by atoms with Gasteiger partial charge in [0.25, 0.3) is 0 Å². The minimum Gasteiger partial charge on any atom is -0.265 e. The summed E-state index contributed by atoms with van der Waals surface area (Å²) in [6.07, 6.45) is 3.50. The van der Waals surface area contributed by atoms with Crippen LogP contribution in [0.5, 0.6) is 0 Å². The number of nitrogens with zero attached hydrogens (tertiary/aromatic N) is 3. The predicted octanol–water partition coefficient (Wildman–Crippen LogP) is 2.34. The zero-order valence-electron chi connectivity index (χ0n) is 7.11. The summed E-state index contributed by atoms with van der Waals surface area (Å²) in [6, 6.07) is 5.80. The SMILES string of the molecule is Cc1cc(Br)n(-c2ccncc2)n1. The van der Waals surface area contributed by atoms with Gasteiger partial charge in [-0.1, -0.05) is 0 Å². The molecule has 4 heteroatoms. The normalized spacial score (nSPS) is 10.3. The first-order valence-electron chi connectivity index (χ1n) is 3.90. The van der Waals surface area contributed by atoms with Crippen LogP contribution in [-0.4, -0.2) is 14.8 Å². The van der Waals surface area contributed by atoms with E-state index in [-0.39, 0.29) is 0 Å². The van der Waals surface area contributed by atoms with Crippen molar-refractivity contribution in [1.82, 2.24) is 14.8 Å². The number of halogens is 1. The molecule has 0 unspecified atom stereocenters. The van der Waals surface area contributed by atoms with E-state index in [2.05, 4.69) is 26.0 Å². The molecule has 0 fully saturated rings. The van der Waals surface area contributed by atoms with Crippen molar-refractivity contribution in [3.05, 3.63) is 40.9 Å². The molecule has 0 saturated carbocycles. The monoisotopic (exact) mass is 237 g/mol. The lowest BCUT2D eigenvalue weighted by atomic mass is 10.4. The molecular formula is C9H8BrN3. The van der Waals surface area contributed by atoms with Crippen molar-refractivity contribution in [3.63, 3.8) is 0 Å². The Hall–Kier alpha value is -1.16. The minimum atomic E-state index is 0.955. The molecule has 0 saturated heterocycles. The number of aryl methyl sites for hydroxylation is 1. The zero-order valence-corrected chi connectivity index (χ0v) is 8.69. The third-order valence-corrected chi connectivity index (χ3v) is 2.26. The standard InChI is InChI=1S/C9H8BrN3/c1-7-6-9(10)13(12-7)8-2-4-11-5-3-8/h2-6H,1H3. The summed E-state index contributed by atoms with van der Waals surface area (Å²) in [5.74, 6) is 0. The maximum absolute atomic E-state index is 4.32. The largest absolute Gasteiger partial charge is 0.265 e. The van der Waals surface area contributed by atoms with Gasteiger partial charge < -0.3 is 0 Å². The van der Waals surface area contributed by atoms with E-state index in [0.717, 1.165) is 16.0 Å². The van der Waals surface area contributed by atoms with Gasteiger partial charge >= 0.3 is 0 Å². The van der Waals surface area contributed by atoms with Crippen LogP contribution in [0, 0.1) is 6.92 Å². The van der Waals surface area contributed by atoms with Gasteiger partial charge in [-0.15, -0.1) is 0 Å². The second kappa shape index (κ2) is 3.30. The fourth-order valence-corrected chi connectivity index (χ4v) is 1.75. The van der Waals surface area contributed by atoms with Crippen molar-refractivity contribution >= 4 is 15.9 Å². The van der Waals surface area contributed by atoms with Crippen molar-refractivity contribution in [1.29, 1.82) is 0 Å². The maximum Gasteiger partial charge on any atom is 0.110 e. The summed E-state index contributed by atoms with van der Waals surface area (Å²) >= 11 is 3.43. The van der Waals surface area contributed by atoms with Crippen LogP contribution in [0.4, 0.5) is 0 Å². The summed E-state index contributed by atoms with van der Waals surface area (Å²) in [7, 11) is 0. The van der Waals surface area contributed by atoms with E-state index < -0.39 is 0 Å². The summed E-state index contributed by atoms with van der Waals surface area (Å²) in [5.41, 5.74) is 2.00. The Bertz CT molecular complexity index is 408. The molecule has 0 aliphatic rings. The van der Waals surface area contributed by atoms with Crippen LogP contribution in [-0.2, 0) is 0 Å². The van der Waals surface area contributed by atoms with Crippen molar-refractivity contribution in [2.45, 2.75) is 6.92 Å². The first kappa shape index (κ1) is 8.44. The second-order valence-electron chi connectivity index (χ2n) is 2.73. The number of pyridine rings is 1. The molecule has 2 heterocycles. The molecule has 2 rings (SSSR count). The molecule has 2 aromatic heterocycles. The Kier molecular flexibility index (Phi) is 2.14. The van der Waals surface area contributed by atoms with Crippen LogP contribution in [0.15, 0.2) is 35.2 Å². The summed E-state index contributed by atoms with van der Waals surface area (Å²) in [5, 5.41) is 4.32. The summed E-state index contributed by atoms with van der Waals surface area (Å²) < 4.78 is 2.79. The predicted molar refractivity (Wildman–Crippen MR) is 53.8 cm³/mol. The molecule has 0 aliphatic carbocycles. The Morgan fingerprint density at radius 3 is 2.54 bits per heavy atom. The molecule has 0 radical (unpaired) electrons. The van der Waals surface area contributed by atoms with Crippen LogP contribution in [0.2, 0.25) is 0 Å². The van der Waals surface area contributed by atoms with Crippen LogP contribution in [0.25, 0.3) is 5.69 Å². The lowest BCUT2D eigenvalue weighted by Gasteiger charge is -2.00. The fourth-order valence-electron chi connectivity index (χ4n) is 1.13. The maximum atomic E-state index is 4.32. The van der Waals surface area contributed by atoms with Gasteiger partial charge in [0.05, 0.1) is 11.4 Å². The molecule has 0 aromatic carbocycles.